The van der Waals surface area contributed by atoms with Gasteiger partial charge in [-0.05, 0) is 31.5 Å². The van der Waals surface area contributed by atoms with Crippen LogP contribution in [0.15, 0.2) is 54.9 Å². The van der Waals surface area contributed by atoms with Crippen molar-refractivity contribution in [2.75, 3.05) is 5.32 Å². The van der Waals surface area contributed by atoms with E-state index in [0.29, 0.717) is 12.2 Å². The van der Waals surface area contributed by atoms with E-state index in [1.54, 1.807) is 6.07 Å². The molecule has 1 amide bonds. The van der Waals surface area contributed by atoms with Crippen molar-refractivity contribution in [3.63, 3.8) is 0 Å². The number of rotatable bonds is 5. The van der Waals surface area contributed by atoms with E-state index in [1.807, 2.05) is 24.4 Å². The number of carbonyl (C=O) groups excluding carboxylic acids is 1. The topological polar surface area (TPSA) is 51.9 Å². The molecule has 0 unspecified atom stereocenters. The maximum Gasteiger partial charge on any atom is 0.282 e. The van der Waals surface area contributed by atoms with Crippen molar-refractivity contribution in [2.24, 2.45) is 7.05 Å². The minimum atomic E-state index is -2.82. The van der Waals surface area contributed by atoms with E-state index in [4.69, 9.17) is 0 Å². The molecule has 4 aromatic rings. The van der Waals surface area contributed by atoms with Gasteiger partial charge in [0.25, 0.3) is 12.3 Å². The summed E-state index contributed by atoms with van der Waals surface area (Å²) < 4.78 is 29.8. The Hall–Kier alpha value is -3.48. The molecule has 0 aliphatic rings. The Kier molecular flexibility index (Phi) is 5.11. The summed E-state index contributed by atoms with van der Waals surface area (Å²) in [7, 11) is 1.51. The zero-order valence-corrected chi connectivity index (χ0v) is 17.0. The fourth-order valence-electron chi connectivity index (χ4n) is 3.88. The first-order chi connectivity index (χ1) is 14.3. The highest BCUT2D eigenvalue weighted by Gasteiger charge is 2.23. The number of nitrogens with zero attached hydrogens (tertiary/aromatic N) is 3. The van der Waals surface area contributed by atoms with Gasteiger partial charge in [-0.15, -0.1) is 0 Å². The number of hydrogen-bond donors (Lipinski definition) is 1. The van der Waals surface area contributed by atoms with Gasteiger partial charge in [0.1, 0.15) is 5.69 Å². The zero-order chi connectivity index (χ0) is 21.4. The normalized spacial score (nSPS) is 11.4. The molecule has 0 saturated heterocycles. The van der Waals surface area contributed by atoms with Gasteiger partial charge in [0, 0.05) is 31.4 Å². The Morgan fingerprint density at radius 3 is 2.57 bits per heavy atom. The molecule has 0 aliphatic carbocycles. The van der Waals surface area contributed by atoms with Crippen molar-refractivity contribution in [2.45, 2.75) is 26.8 Å². The van der Waals surface area contributed by atoms with Gasteiger partial charge in [-0.2, -0.15) is 5.10 Å². The fourth-order valence-corrected chi connectivity index (χ4v) is 3.88. The average Bonchev–Trinajstić information content (AvgIpc) is 3.25. The first-order valence-electron chi connectivity index (χ1n) is 9.60. The van der Waals surface area contributed by atoms with E-state index >= 15 is 0 Å². The van der Waals surface area contributed by atoms with Crippen LogP contribution in [0.5, 0.6) is 0 Å². The molecule has 0 atom stereocenters. The quantitative estimate of drug-likeness (QED) is 0.492. The van der Waals surface area contributed by atoms with Gasteiger partial charge in [0.2, 0.25) is 0 Å². The van der Waals surface area contributed by atoms with Crippen LogP contribution in [0.25, 0.3) is 10.9 Å². The number of anilines is 1. The molecule has 0 fully saturated rings. The highest BCUT2D eigenvalue weighted by atomic mass is 19.3. The van der Waals surface area contributed by atoms with Gasteiger partial charge < -0.3 is 9.88 Å². The molecule has 4 rings (SSSR count). The Balaban J connectivity index is 1.70. The molecule has 0 radical (unpaired) electrons. The highest BCUT2D eigenvalue weighted by molar-refractivity contribution is 6.09. The van der Waals surface area contributed by atoms with E-state index in [0.717, 1.165) is 16.5 Å². The molecular weight excluding hydrogens is 386 g/mol. The van der Waals surface area contributed by atoms with Gasteiger partial charge >= 0.3 is 0 Å². The van der Waals surface area contributed by atoms with Crippen molar-refractivity contribution in [1.82, 2.24) is 14.3 Å². The van der Waals surface area contributed by atoms with Gasteiger partial charge in [-0.25, -0.2) is 8.78 Å². The number of aryl methyl sites for hydroxylation is 3. The molecule has 30 heavy (non-hydrogen) atoms. The predicted octanol–water partition coefficient (Wildman–Crippen LogP) is 5.23. The molecule has 0 bridgehead atoms. The standard InChI is InChI=1S/C23H22F2N4O/c1-14-9-15(2)11-16(10-14)12-29-8-7-17-5-4-6-19(21(17)29)26-23(30)18-13-28(3)27-20(18)22(24)25/h4-11,13,22H,12H2,1-3H3,(H,26,30). The minimum absolute atomic E-state index is 0.128. The molecule has 2 aromatic carbocycles. The minimum Gasteiger partial charge on any atom is -0.341 e. The molecule has 2 heterocycles. The highest BCUT2D eigenvalue weighted by Crippen LogP contribution is 2.28. The van der Waals surface area contributed by atoms with Crippen molar-refractivity contribution in [3.05, 3.63) is 82.8 Å². The number of amides is 1. The van der Waals surface area contributed by atoms with Crippen molar-refractivity contribution in [1.29, 1.82) is 0 Å². The van der Waals surface area contributed by atoms with Crippen LogP contribution in [0.3, 0.4) is 0 Å². The lowest BCUT2D eigenvalue weighted by atomic mass is 10.1. The summed E-state index contributed by atoms with van der Waals surface area (Å²) in [6.07, 6.45) is 0.453. The van der Waals surface area contributed by atoms with Crippen LogP contribution in [0.4, 0.5) is 14.5 Å². The van der Waals surface area contributed by atoms with E-state index in [-0.39, 0.29) is 5.56 Å². The second kappa shape index (κ2) is 7.74. The summed E-state index contributed by atoms with van der Waals surface area (Å²) in [5.74, 6) is -0.606. The molecule has 1 N–H and O–H groups in total. The van der Waals surface area contributed by atoms with Gasteiger partial charge in [0.05, 0.1) is 16.8 Å². The number of carbonyl (C=O) groups is 1. The number of hydrogen-bond acceptors (Lipinski definition) is 2. The molecular formula is C23H22F2N4O. The van der Waals surface area contributed by atoms with E-state index in [1.165, 1.54) is 29.1 Å². The monoisotopic (exact) mass is 408 g/mol. The Morgan fingerprint density at radius 2 is 1.87 bits per heavy atom. The summed E-state index contributed by atoms with van der Waals surface area (Å²) in [6, 6.07) is 13.9. The van der Waals surface area contributed by atoms with E-state index < -0.39 is 18.0 Å². The maximum atomic E-state index is 13.3. The molecule has 2 aromatic heterocycles. The first kappa shape index (κ1) is 19.8. The van der Waals surface area contributed by atoms with Gasteiger partial charge in [0.15, 0.2) is 0 Å². The summed E-state index contributed by atoms with van der Waals surface area (Å²) in [4.78, 5) is 12.8. The lowest BCUT2D eigenvalue weighted by Gasteiger charge is -2.12. The van der Waals surface area contributed by atoms with Crippen LogP contribution in [-0.2, 0) is 13.6 Å². The smallest absolute Gasteiger partial charge is 0.282 e. The fraction of sp³-hybridized carbons (Fsp3) is 0.217. The number of aromatic nitrogens is 3. The van der Waals surface area contributed by atoms with Crippen LogP contribution >= 0.6 is 0 Å². The lowest BCUT2D eigenvalue weighted by Crippen LogP contribution is -2.14. The summed E-state index contributed by atoms with van der Waals surface area (Å²) in [6.45, 7) is 4.75. The number of benzene rings is 2. The predicted molar refractivity (Wildman–Crippen MR) is 113 cm³/mol. The third kappa shape index (κ3) is 3.83. The van der Waals surface area contributed by atoms with Gasteiger partial charge in [-0.1, -0.05) is 41.5 Å². The van der Waals surface area contributed by atoms with Gasteiger partial charge in [-0.3, -0.25) is 9.48 Å². The van der Waals surface area contributed by atoms with Crippen molar-refractivity contribution < 1.29 is 13.6 Å². The number of alkyl halides is 2. The Labute approximate surface area is 172 Å². The number of halogens is 2. The van der Waals surface area contributed by atoms with Crippen LogP contribution < -0.4 is 5.32 Å². The van der Waals surface area contributed by atoms with E-state index in [2.05, 4.69) is 47.0 Å². The van der Waals surface area contributed by atoms with Crippen molar-refractivity contribution >= 4 is 22.5 Å². The second-order valence-corrected chi connectivity index (χ2v) is 7.54. The maximum absolute atomic E-state index is 13.3. The molecule has 0 aliphatic heterocycles. The molecule has 7 heteroatoms. The first-order valence-corrected chi connectivity index (χ1v) is 9.60. The largest absolute Gasteiger partial charge is 0.341 e. The number of para-hydroxylation sites is 1. The van der Waals surface area contributed by atoms with Crippen LogP contribution in [0.1, 0.15) is 39.2 Å². The zero-order valence-electron chi connectivity index (χ0n) is 17.0. The SMILES string of the molecule is Cc1cc(C)cc(Cn2ccc3cccc(NC(=O)c4cn(C)nc4C(F)F)c32)c1. The molecule has 154 valence electrons. The summed E-state index contributed by atoms with van der Waals surface area (Å²) >= 11 is 0. The molecule has 0 saturated carbocycles. The summed E-state index contributed by atoms with van der Waals surface area (Å²) in [5.41, 5.74) is 4.28. The van der Waals surface area contributed by atoms with Crippen LogP contribution in [0.2, 0.25) is 0 Å². The third-order valence-electron chi connectivity index (χ3n) is 4.98. The van der Waals surface area contributed by atoms with Crippen LogP contribution in [-0.4, -0.2) is 20.3 Å². The third-order valence-corrected chi connectivity index (χ3v) is 4.98. The molecule has 0 spiro atoms. The van der Waals surface area contributed by atoms with Crippen LogP contribution in [0, 0.1) is 13.8 Å². The lowest BCUT2D eigenvalue weighted by molar-refractivity contribution is 0.101. The average molecular weight is 408 g/mol. The van der Waals surface area contributed by atoms with E-state index in [9.17, 15) is 13.6 Å². The number of nitrogens with one attached hydrogen (secondary N) is 1. The summed E-state index contributed by atoms with van der Waals surface area (Å²) in [5, 5.41) is 7.47. The Bertz CT molecular complexity index is 1220. The second-order valence-electron chi connectivity index (χ2n) is 7.54. The van der Waals surface area contributed by atoms with Crippen molar-refractivity contribution in [3.8, 4) is 0 Å². The molecule has 5 nitrogen and oxygen atoms in total. The number of fused-ring (bicyclic) bond motifs is 1. The Morgan fingerprint density at radius 1 is 1.13 bits per heavy atom.